The van der Waals surface area contributed by atoms with E-state index >= 15 is 0 Å². The fraction of sp³-hybridized carbons (Fsp3) is 0. The van der Waals surface area contributed by atoms with Crippen molar-refractivity contribution in [2.24, 2.45) is 0 Å². The van der Waals surface area contributed by atoms with Gasteiger partial charge in [-0.25, -0.2) is 4.98 Å². The number of pyridine rings is 1. The Hall–Kier alpha value is -1.66. The van der Waals surface area contributed by atoms with E-state index in [2.05, 4.69) is 9.97 Å². The molecule has 6 heteroatoms. The van der Waals surface area contributed by atoms with Crippen molar-refractivity contribution in [2.75, 3.05) is 0 Å². The molecule has 0 spiro atoms. The Labute approximate surface area is 80.2 Å². The minimum absolute atomic E-state index is 0.334. The van der Waals surface area contributed by atoms with Crippen molar-refractivity contribution in [2.45, 2.75) is 0 Å². The van der Waals surface area contributed by atoms with Crippen LogP contribution in [0.2, 0.25) is 0 Å². The van der Waals surface area contributed by atoms with Crippen LogP contribution < -0.4 is 5.46 Å². The number of hydrogen-bond donors (Lipinski definition) is 2. The number of hydrogen-bond acceptors (Lipinski definition) is 5. The molecule has 0 bridgehead atoms. The molecule has 0 aromatic carbocycles. The summed E-state index contributed by atoms with van der Waals surface area (Å²) in [6, 6.07) is 3.16. The van der Waals surface area contributed by atoms with Crippen LogP contribution in [-0.2, 0) is 0 Å². The number of aromatic nitrogens is 2. The molecule has 0 saturated carbocycles. The van der Waals surface area contributed by atoms with Crippen LogP contribution in [0.15, 0.2) is 35.2 Å². The van der Waals surface area contributed by atoms with Crippen molar-refractivity contribution in [3.8, 4) is 11.6 Å². The number of rotatable bonds is 2. The van der Waals surface area contributed by atoms with E-state index in [0.29, 0.717) is 17.0 Å². The highest BCUT2D eigenvalue weighted by Crippen LogP contribution is 2.11. The Morgan fingerprint density at radius 1 is 1.21 bits per heavy atom. The van der Waals surface area contributed by atoms with Gasteiger partial charge in [0.1, 0.15) is 12.0 Å². The zero-order chi connectivity index (χ0) is 9.97. The van der Waals surface area contributed by atoms with Gasteiger partial charge >= 0.3 is 7.12 Å². The molecule has 70 valence electrons. The number of nitrogens with zero attached hydrogens (tertiary/aromatic N) is 2. The summed E-state index contributed by atoms with van der Waals surface area (Å²) >= 11 is 0. The van der Waals surface area contributed by atoms with E-state index < -0.39 is 7.12 Å². The fourth-order valence-electron chi connectivity index (χ4n) is 1.03. The predicted molar refractivity (Wildman–Crippen MR) is 49.6 cm³/mol. The third-order valence-electron chi connectivity index (χ3n) is 1.74. The largest absolute Gasteiger partial charge is 0.490 e. The van der Waals surface area contributed by atoms with Crippen LogP contribution in [-0.4, -0.2) is 27.1 Å². The summed E-state index contributed by atoms with van der Waals surface area (Å²) in [5.41, 5.74) is 0.889. The molecule has 5 nitrogen and oxygen atoms in total. The van der Waals surface area contributed by atoms with Crippen LogP contribution in [0.3, 0.4) is 0 Å². The molecule has 2 heterocycles. The smallest absolute Gasteiger partial charge is 0.443 e. The van der Waals surface area contributed by atoms with Gasteiger partial charge in [0.15, 0.2) is 0 Å². The summed E-state index contributed by atoms with van der Waals surface area (Å²) in [5, 5.41) is 17.6. The highest BCUT2D eigenvalue weighted by molar-refractivity contribution is 6.58. The van der Waals surface area contributed by atoms with Gasteiger partial charge in [-0.3, -0.25) is 4.98 Å². The van der Waals surface area contributed by atoms with E-state index in [0.717, 1.165) is 0 Å². The lowest BCUT2D eigenvalue weighted by Gasteiger charge is -1.98. The average Bonchev–Trinajstić information content (AvgIpc) is 2.71. The highest BCUT2D eigenvalue weighted by Gasteiger charge is 2.11. The van der Waals surface area contributed by atoms with Crippen LogP contribution in [0.1, 0.15) is 0 Å². The minimum Gasteiger partial charge on any atom is -0.443 e. The topological polar surface area (TPSA) is 79.4 Å². The van der Waals surface area contributed by atoms with Crippen LogP contribution in [0.5, 0.6) is 0 Å². The fourth-order valence-corrected chi connectivity index (χ4v) is 1.03. The van der Waals surface area contributed by atoms with Gasteiger partial charge in [0.05, 0.1) is 6.20 Å². The van der Waals surface area contributed by atoms with Crippen molar-refractivity contribution in [1.29, 1.82) is 0 Å². The monoisotopic (exact) mass is 190 g/mol. The standard InChI is InChI=1S/C8H7BN2O3/c12-9(13)6-1-2-7(11-5-6)8-10-3-4-14-8/h1-5,12-13H. The van der Waals surface area contributed by atoms with E-state index in [9.17, 15) is 0 Å². The Bertz CT molecular complexity index is 399. The highest BCUT2D eigenvalue weighted by atomic mass is 16.4. The molecule has 2 N–H and O–H groups in total. The molecule has 0 aliphatic rings. The zero-order valence-electron chi connectivity index (χ0n) is 7.16. The molecular formula is C8H7BN2O3. The first-order valence-corrected chi connectivity index (χ1v) is 3.99. The molecule has 2 aromatic rings. The molecule has 2 aromatic heterocycles. The Balaban J connectivity index is 2.31. The second-order valence-corrected chi connectivity index (χ2v) is 2.69. The first-order chi connectivity index (χ1) is 6.77. The van der Waals surface area contributed by atoms with Gasteiger partial charge in [-0.2, -0.15) is 0 Å². The van der Waals surface area contributed by atoms with Gasteiger partial charge in [-0.1, -0.05) is 6.07 Å². The first-order valence-electron chi connectivity index (χ1n) is 3.99. The number of oxazole rings is 1. The second-order valence-electron chi connectivity index (χ2n) is 2.69. The Morgan fingerprint density at radius 3 is 2.57 bits per heavy atom. The molecule has 0 unspecified atom stereocenters. The molecule has 0 aliphatic carbocycles. The molecule has 0 atom stereocenters. The van der Waals surface area contributed by atoms with Crippen molar-refractivity contribution in [3.63, 3.8) is 0 Å². The third-order valence-corrected chi connectivity index (χ3v) is 1.74. The maximum absolute atomic E-state index is 8.82. The first kappa shape index (κ1) is 8.92. The maximum Gasteiger partial charge on any atom is 0.490 e. The summed E-state index contributed by atoms with van der Waals surface area (Å²) in [7, 11) is -1.50. The van der Waals surface area contributed by atoms with Gasteiger partial charge in [0.25, 0.3) is 0 Å². The maximum atomic E-state index is 8.82. The summed E-state index contributed by atoms with van der Waals surface area (Å²) in [4.78, 5) is 7.87. The van der Waals surface area contributed by atoms with Crippen LogP contribution in [0.25, 0.3) is 11.6 Å². The lowest BCUT2D eigenvalue weighted by molar-refractivity contribution is 0.425. The molecular weight excluding hydrogens is 183 g/mol. The Kier molecular flexibility index (Phi) is 2.30. The van der Waals surface area contributed by atoms with E-state index in [1.807, 2.05) is 0 Å². The average molecular weight is 190 g/mol. The summed E-state index contributed by atoms with van der Waals surface area (Å²) < 4.78 is 5.02. The Morgan fingerprint density at radius 2 is 2.07 bits per heavy atom. The molecule has 0 amide bonds. The predicted octanol–water partition coefficient (Wildman–Crippen LogP) is -0.584. The van der Waals surface area contributed by atoms with Crippen LogP contribution in [0.4, 0.5) is 0 Å². The summed E-state index contributed by atoms with van der Waals surface area (Å²) in [6.07, 6.45) is 4.34. The van der Waals surface area contributed by atoms with Crippen LogP contribution in [0, 0.1) is 0 Å². The third kappa shape index (κ3) is 1.66. The molecule has 14 heavy (non-hydrogen) atoms. The molecule has 0 fully saturated rings. The summed E-state index contributed by atoms with van der Waals surface area (Å²) in [5.74, 6) is 0.406. The second kappa shape index (κ2) is 3.61. The van der Waals surface area contributed by atoms with Gasteiger partial charge < -0.3 is 14.5 Å². The van der Waals surface area contributed by atoms with Gasteiger partial charge in [0, 0.05) is 11.7 Å². The van der Waals surface area contributed by atoms with Crippen molar-refractivity contribution >= 4 is 12.6 Å². The van der Waals surface area contributed by atoms with Gasteiger partial charge in [0.2, 0.25) is 5.89 Å². The van der Waals surface area contributed by atoms with Gasteiger partial charge in [-0.15, -0.1) is 0 Å². The zero-order valence-corrected chi connectivity index (χ0v) is 7.16. The van der Waals surface area contributed by atoms with E-state index in [1.165, 1.54) is 18.7 Å². The lowest BCUT2D eigenvalue weighted by Crippen LogP contribution is -2.29. The van der Waals surface area contributed by atoms with Crippen LogP contribution >= 0.6 is 0 Å². The SMILES string of the molecule is OB(O)c1ccc(-c2ncco2)nc1. The van der Waals surface area contributed by atoms with E-state index in [1.54, 1.807) is 12.1 Å². The van der Waals surface area contributed by atoms with Gasteiger partial charge in [-0.05, 0) is 6.07 Å². The van der Waals surface area contributed by atoms with E-state index in [-0.39, 0.29) is 0 Å². The molecule has 2 rings (SSSR count). The molecule has 0 saturated heterocycles. The van der Waals surface area contributed by atoms with Crippen molar-refractivity contribution in [3.05, 3.63) is 30.8 Å². The molecule has 0 radical (unpaired) electrons. The minimum atomic E-state index is -1.50. The van der Waals surface area contributed by atoms with E-state index in [4.69, 9.17) is 14.5 Å². The quantitative estimate of drug-likeness (QED) is 0.619. The van der Waals surface area contributed by atoms with Crippen molar-refractivity contribution in [1.82, 2.24) is 9.97 Å². The summed E-state index contributed by atoms with van der Waals surface area (Å²) in [6.45, 7) is 0. The van der Waals surface area contributed by atoms with Crippen molar-refractivity contribution < 1.29 is 14.5 Å². The lowest BCUT2D eigenvalue weighted by atomic mass is 9.82. The normalized spacial score (nSPS) is 10.1. The molecule has 0 aliphatic heterocycles.